The predicted octanol–water partition coefficient (Wildman–Crippen LogP) is 3.78. The number of hydrogen-bond acceptors (Lipinski definition) is 5. The van der Waals surface area contributed by atoms with Crippen LogP contribution in [0.5, 0.6) is 5.75 Å². The number of carbonyl (C=O) groups excluding carboxylic acids is 2. The maximum atomic E-state index is 12.7. The number of carbonyl (C=O) groups is 2. The van der Waals surface area contributed by atoms with Gasteiger partial charge in [-0.1, -0.05) is 30.4 Å². The lowest BCUT2D eigenvalue weighted by Gasteiger charge is -2.23. The average Bonchev–Trinajstić information content (AvgIpc) is 3.35. The van der Waals surface area contributed by atoms with Crippen molar-refractivity contribution in [2.75, 3.05) is 13.7 Å². The summed E-state index contributed by atoms with van der Waals surface area (Å²) in [5.41, 5.74) is 0.854. The molecule has 0 bridgehead atoms. The lowest BCUT2D eigenvalue weighted by atomic mass is 9.85. The zero-order chi connectivity index (χ0) is 19.2. The molecule has 27 heavy (non-hydrogen) atoms. The molecule has 2 aromatic rings. The zero-order valence-electron chi connectivity index (χ0n) is 15.4. The molecule has 6 heteroatoms. The topological polar surface area (TPSA) is 64.6 Å². The van der Waals surface area contributed by atoms with Gasteiger partial charge >= 0.3 is 5.97 Å². The first kappa shape index (κ1) is 19.2. The summed E-state index contributed by atoms with van der Waals surface area (Å²) in [6.07, 6.45) is 4.61. The molecular formula is C21H23NO4S. The molecule has 1 amide bonds. The number of nitrogens with one attached hydrogen (secondary N) is 1. The van der Waals surface area contributed by atoms with Crippen LogP contribution in [0.1, 0.15) is 34.5 Å². The summed E-state index contributed by atoms with van der Waals surface area (Å²) in [7, 11) is 1.60. The number of hydrogen-bond donors (Lipinski definition) is 1. The van der Waals surface area contributed by atoms with Gasteiger partial charge in [0.15, 0.2) is 0 Å². The largest absolute Gasteiger partial charge is 0.497 e. The predicted molar refractivity (Wildman–Crippen MR) is 105 cm³/mol. The van der Waals surface area contributed by atoms with Crippen molar-refractivity contribution in [2.45, 2.75) is 25.3 Å². The van der Waals surface area contributed by atoms with Gasteiger partial charge in [-0.15, -0.1) is 11.3 Å². The third kappa shape index (κ3) is 4.57. The van der Waals surface area contributed by atoms with Gasteiger partial charge in [0.05, 0.1) is 24.5 Å². The van der Waals surface area contributed by atoms with Crippen LogP contribution in [-0.2, 0) is 9.53 Å². The molecule has 0 spiro atoms. The van der Waals surface area contributed by atoms with Gasteiger partial charge in [-0.25, -0.2) is 0 Å². The molecule has 1 aromatic heterocycles. The summed E-state index contributed by atoms with van der Waals surface area (Å²) in [6.45, 7) is 2.13. The summed E-state index contributed by atoms with van der Waals surface area (Å²) in [4.78, 5) is 25.6. The molecule has 142 valence electrons. The van der Waals surface area contributed by atoms with E-state index in [1.54, 1.807) is 20.1 Å². The molecule has 1 N–H and O–H groups in total. The normalized spacial score (nSPS) is 19.5. The average molecular weight is 385 g/mol. The van der Waals surface area contributed by atoms with Gasteiger partial charge in [-0.05, 0) is 48.4 Å². The van der Waals surface area contributed by atoms with Crippen molar-refractivity contribution >= 4 is 23.2 Å². The fourth-order valence-corrected chi connectivity index (χ4v) is 3.98. The molecule has 3 unspecified atom stereocenters. The van der Waals surface area contributed by atoms with Crippen LogP contribution in [0.4, 0.5) is 0 Å². The molecule has 3 rings (SSSR count). The Bertz CT molecular complexity index is 815. The van der Waals surface area contributed by atoms with Crippen LogP contribution in [0.15, 0.2) is 53.9 Å². The maximum Gasteiger partial charge on any atom is 0.314 e. The van der Waals surface area contributed by atoms with Gasteiger partial charge in [0.1, 0.15) is 5.75 Å². The molecule has 1 aliphatic rings. The summed E-state index contributed by atoms with van der Waals surface area (Å²) >= 11 is 1.41. The van der Waals surface area contributed by atoms with Crippen molar-refractivity contribution < 1.29 is 19.1 Å². The number of benzene rings is 1. The molecule has 5 nitrogen and oxygen atoms in total. The maximum absolute atomic E-state index is 12.7. The van der Waals surface area contributed by atoms with Crippen molar-refractivity contribution in [3.8, 4) is 5.75 Å². The third-order valence-corrected chi connectivity index (χ3v) is 5.47. The van der Waals surface area contributed by atoms with Crippen LogP contribution in [0.2, 0.25) is 0 Å². The summed E-state index contributed by atoms with van der Waals surface area (Å²) in [5.74, 6) is -0.129. The van der Waals surface area contributed by atoms with Crippen LogP contribution in [0.3, 0.4) is 0 Å². The van der Waals surface area contributed by atoms with E-state index in [9.17, 15) is 9.59 Å². The van der Waals surface area contributed by atoms with Gasteiger partial charge in [0, 0.05) is 6.04 Å². The van der Waals surface area contributed by atoms with Gasteiger partial charge in [0.2, 0.25) is 0 Å². The number of methoxy groups -OCH3 is 1. The zero-order valence-corrected chi connectivity index (χ0v) is 16.2. The molecule has 0 saturated heterocycles. The van der Waals surface area contributed by atoms with Gasteiger partial charge < -0.3 is 14.8 Å². The second-order valence-electron chi connectivity index (χ2n) is 6.35. The summed E-state index contributed by atoms with van der Waals surface area (Å²) in [5, 5.41) is 4.90. The van der Waals surface area contributed by atoms with Crippen molar-refractivity contribution in [2.24, 2.45) is 5.92 Å². The fourth-order valence-electron chi connectivity index (χ4n) is 3.35. The van der Waals surface area contributed by atoms with E-state index in [1.807, 2.05) is 47.9 Å². The SMILES string of the molecule is CCOC(=O)C(c1cccc(OC)c1)C1C=CC(NC(=O)c2cccs2)C1. The van der Waals surface area contributed by atoms with Crippen molar-refractivity contribution in [3.63, 3.8) is 0 Å². The standard InChI is InChI=1S/C21H23NO4S/c1-3-26-21(24)19(14-6-4-7-17(13-14)25-2)15-9-10-16(12-15)22-20(23)18-8-5-11-27-18/h4-11,13,15-16,19H,3,12H2,1-2H3,(H,22,23). The highest BCUT2D eigenvalue weighted by atomic mass is 32.1. The fraction of sp³-hybridized carbons (Fsp3) is 0.333. The van der Waals surface area contributed by atoms with Crippen LogP contribution in [-0.4, -0.2) is 31.6 Å². The van der Waals surface area contributed by atoms with E-state index in [0.29, 0.717) is 23.7 Å². The van der Waals surface area contributed by atoms with E-state index in [1.165, 1.54) is 11.3 Å². The molecule has 0 radical (unpaired) electrons. The van der Waals surface area contributed by atoms with Crippen molar-refractivity contribution in [1.29, 1.82) is 0 Å². The number of rotatable bonds is 7. The smallest absolute Gasteiger partial charge is 0.314 e. The number of esters is 1. The molecule has 3 atom stereocenters. The van der Waals surface area contributed by atoms with E-state index in [-0.39, 0.29) is 23.8 Å². The van der Waals surface area contributed by atoms with E-state index in [4.69, 9.17) is 9.47 Å². The van der Waals surface area contributed by atoms with Crippen LogP contribution in [0, 0.1) is 5.92 Å². The molecule has 0 fully saturated rings. The Morgan fingerprint density at radius 2 is 2.11 bits per heavy atom. The number of allylic oxidation sites excluding steroid dienone is 1. The van der Waals surface area contributed by atoms with Gasteiger partial charge in [-0.3, -0.25) is 9.59 Å². The Balaban J connectivity index is 1.74. The quantitative estimate of drug-likeness (QED) is 0.582. The number of thiophene rings is 1. The molecule has 0 saturated carbocycles. The minimum atomic E-state index is -0.431. The Morgan fingerprint density at radius 1 is 1.26 bits per heavy atom. The summed E-state index contributed by atoms with van der Waals surface area (Å²) < 4.78 is 10.6. The van der Waals surface area contributed by atoms with Gasteiger partial charge in [0.25, 0.3) is 5.91 Å². The van der Waals surface area contributed by atoms with Crippen molar-refractivity contribution in [3.05, 3.63) is 64.4 Å². The van der Waals surface area contributed by atoms with E-state index in [2.05, 4.69) is 5.32 Å². The number of ether oxygens (including phenoxy) is 2. The summed E-state index contributed by atoms with van der Waals surface area (Å²) in [6, 6.07) is 11.0. The van der Waals surface area contributed by atoms with E-state index < -0.39 is 5.92 Å². The van der Waals surface area contributed by atoms with E-state index >= 15 is 0 Å². The second kappa shape index (κ2) is 8.86. The highest BCUT2D eigenvalue weighted by molar-refractivity contribution is 7.12. The minimum Gasteiger partial charge on any atom is -0.497 e. The van der Waals surface area contributed by atoms with Crippen LogP contribution in [0.25, 0.3) is 0 Å². The lowest BCUT2D eigenvalue weighted by Crippen LogP contribution is -2.33. The van der Waals surface area contributed by atoms with Crippen LogP contribution < -0.4 is 10.1 Å². The lowest BCUT2D eigenvalue weighted by molar-refractivity contribution is -0.146. The molecule has 1 heterocycles. The highest BCUT2D eigenvalue weighted by Gasteiger charge is 2.34. The Hall–Kier alpha value is -2.60. The Kier molecular flexibility index (Phi) is 6.29. The Labute approximate surface area is 163 Å². The first-order valence-corrected chi connectivity index (χ1v) is 9.83. The van der Waals surface area contributed by atoms with Crippen molar-refractivity contribution in [1.82, 2.24) is 5.32 Å². The number of amides is 1. The first-order valence-electron chi connectivity index (χ1n) is 8.95. The third-order valence-electron chi connectivity index (χ3n) is 4.60. The monoisotopic (exact) mass is 385 g/mol. The Morgan fingerprint density at radius 3 is 2.81 bits per heavy atom. The second-order valence-corrected chi connectivity index (χ2v) is 7.30. The highest BCUT2D eigenvalue weighted by Crippen LogP contribution is 2.35. The molecule has 1 aliphatic carbocycles. The molecule has 1 aromatic carbocycles. The minimum absolute atomic E-state index is 0.0511. The molecule has 0 aliphatic heterocycles. The molecular weight excluding hydrogens is 362 g/mol. The van der Waals surface area contributed by atoms with E-state index in [0.717, 1.165) is 5.56 Å². The first-order chi connectivity index (χ1) is 13.1. The van der Waals surface area contributed by atoms with Gasteiger partial charge in [-0.2, -0.15) is 0 Å². The van der Waals surface area contributed by atoms with Crippen LogP contribution >= 0.6 is 11.3 Å².